The second-order valence-electron chi connectivity index (χ2n) is 4.95. The number of benzene rings is 1. The molecule has 0 aliphatic heterocycles. The monoisotopic (exact) mass is 300 g/mol. The summed E-state index contributed by atoms with van der Waals surface area (Å²) in [5.74, 6) is 0.865. The topological polar surface area (TPSA) is 33.3 Å². The minimum absolute atomic E-state index is 0.156. The van der Waals surface area contributed by atoms with Gasteiger partial charge in [-0.1, -0.05) is 15.9 Å². The van der Waals surface area contributed by atoms with Gasteiger partial charge in [-0.2, -0.15) is 0 Å². The van der Waals surface area contributed by atoms with E-state index in [2.05, 4.69) is 47.3 Å². The van der Waals surface area contributed by atoms with E-state index in [0.717, 1.165) is 29.0 Å². The molecule has 0 saturated carbocycles. The third kappa shape index (κ3) is 5.41. The van der Waals surface area contributed by atoms with E-state index < -0.39 is 0 Å². The third-order valence-electron chi connectivity index (χ3n) is 2.26. The summed E-state index contributed by atoms with van der Waals surface area (Å²) in [5, 5.41) is 6.79. The molecule has 0 aliphatic carbocycles. The largest absolute Gasteiger partial charge is 0.495 e. The van der Waals surface area contributed by atoms with Crippen LogP contribution in [0.15, 0.2) is 22.7 Å². The maximum Gasteiger partial charge on any atom is 0.142 e. The Balaban J connectivity index is 2.48. The fourth-order valence-electron chi connectivity index (χ4n) is 1.45. The van der Waals surface area contributed by atoms with Gasteiger partial charge < -0.3 is 15.4 Å². The van der Waals surface area contributed by atoms with Crippen molar-refractivity contribution in [2.45, 2.75) is 26.3 Å². The van der Waals surface area contributed by atoms with Gasteiger partial charge in [0, 0.05) is 23.1 Å². The van der Waals surface area contributed by atoms with Gasteiger partial charge in [-0.3, -0.25) is 0 Å². The number of nitrogens with one attached hydrogen (secondary N) is 2. The van der Waals surface area contributed by atoms with Gasteiger partial charge in [-0.15, -0.1) is 0 Å². The fourth-order valence-corrected chi connectivity index (χ4v) is 1.81. The number of rotatable bonds is 5. The quantitative estimate of drug-likeness (QED) is 0.819. The van der Waals surface area contributed by atoms with Gasteiger partial charge in [-0.25, -0.2) is 0 Å². The molecule has 0 atom stereocenters. The summed E-state index contributed by atoms with van der Waals surface area (Å²) < 4.78 is 6.34. The van der Waals surface area contributed by atoms with Crippen LogP contribution in [0.1, 0.15) is 20.8 Å². The summed E-state index contributed by atoms with van der Waals surface area (Å²) in [5.41, 5.74) is 1.17. The first-order chi connectivity index (χ1) is 7.92. The van der Waals surface area contributed by atoms with E-state index in [1.165, 1.54) is 0 Å². The first-order valence-electron chi connectivity index (χ1n) is 5.75. The van der Waals surface area contributed by atoms with E-state index in [1.807, 2.05) is 18.2 Å². The average Bonchev–Trinajstić information content (AvgIpc) is 2.23. The van der Waals surface area contributed by atoms with E-state index in [1.54, 1.807) is 7.11 Å². The summed E-state index contributed by atoms with van der Waals surface area (Å²) in [6, 6.07) is 5.94. The van der Waals surface area contributed by atoms with Crippen molar-refractivity contribution in [3.63, 3.8) is 0 Å². The summed E-state index contributed by atoms with van der Waals surface area (Å²) in [7, 11) is 1.68. The lowest BCUT2D eigenvalue weighted by Gasteiger charge is -2.21. The number of hydrogen-bond donors (Lipinski definition) is 2. The second-order valence-corrected chi connectivity index (χ2v) is 5.86. The summed E-state index contributed by atoms with van der Waals surface area (Å²) in [6.45, 7) is 8.26. The molecule has 1 rings (SSSR count). The Kier molecular flexibility index (Phi) is 5.28. The van der Waals surface area contributed by atoms with Crippen LogP contribution in [0.5, 0.6) is 5.75 Å². The van der Waals surface area contributed by atoms with Gasteiger partial charge in [0.25, 0.3) is 0 Å². The van der Waals surface area contributed by atoms with Crippen LogP contribution in [0, 0.1) is 0 Å². The van der Waals surface area contributed by atoms with E-state index >= 15 is 0 Å². The Labute approximate surface area is 112 Å². The highest BCUT2D eigenvalue weighted by atomic mass is 79.9. The van der Waals surface area contributed by atoms with Crippen LogP contribution in [0.25, 0.3) is 0 Å². The van der Waals surface area contributed by atoms with Crippen molar-refractivity contribution in [1.29, 1.82) is 0 Å². The predicted molar refractivity (Wildman–Crippen MR) is 76.9 cm³/mol. The Morgan fingerprint density at radius 1 is 1.24 bits per heavy atom. The molecule has 0 saturated heterocycles. The van der Waals surface area contributed by atoms with Gasteiger partial charge in [0.2, 0.25) is 0 Å². The minimum Gasteiger partial charge on any atom is -0.495 e. The van der Waals surface area contributed by atoms with Crippen LogP contribution in [0.2, 0.25) is 0 Å². The van der Waals surface area contributed by atoms with E-state index in [9.17, 15) is 0 Å². The molecule has 0 aliphatic rings. The normalized spacial score (nSPS) is 11.4. The van der Waals surface area contributed by atoms with Crippen LogP contribution in [0.3, 0.4) is 0 Å². The second kappa shape index (κ2) is 6.26. The molecule has 0 radical (unpaired) electrons. The Bertz CT molecular complexity index is 361. The first-order valence-corrected chi connectivity index (χ1v) is 6.54. The van der Waals surface area contributed by atoms with Crippen molar-refractivity contribution in [2.75, 3.05) is 25.5 Å². The van der Waals surface area contributed by atoms with Crippen LogP contribution < -0.4 is 15.4 Å². The number of ether oxygens (including phenoxy) is 1. The fraction of sp³-hybridized carbons (Fsp3) is 0.538. The molecule has 1 aromatic rings. The van der Waals surface area contributed by atoms with Crippen molar-refractivity contribution in [2.24, 2.45) is 0 Å². The summed E-state index contributed by atoms with van der Waals surface area (Å²) >= 11 is 3.46. The number of anilines is 1. The van der Waals surface area contributed by atoms with E-state index in [-0.39, 0.29) is 5.54 Å². The molecule has 0 amide bonds. The molecule has 2 N–H and O–H groups in total. The number of methoxy groups -OCH3 is 1. The molecule has 0 unspecified atom stereocenters. The predicted octanol–water partition coefficient (Wildman–Crippen LogP) is 3.26. The van der Waals surface area contributed by atoms with Gasteiger partial charge in [-0.05, 0) is 39.0 Å². The van der Waals surface area contributed by atoms with Crippen molar-refractivity contribution in [1.82, 2.24) is 5.32 Å². The molecule has 96 valence electrons. The molecular formula is C13H21BrN2O. The lowest BCUT2D eigenvalue weighted by atomic mass is 10.1. The zero-order valence-electron chi connectivity index (χ0n) is 10.9. The molecule has 0 fully saturated rings. The Morgan fingerprint density at radius 2 is 1.94 bits per heavy atom. The maximum atomic E-state index is 5.29. The minimum atomic E-state index is 0.156. The summed E-state index contributed by atoms with van der Waals surface area (Å²) in [4.78, 5) is 0. The van der Waals surface area contributed by atoms with Gasteiger partial charge in [0.15, 0.2) is 0 Å². The van der Waals surface area contributed by atoms with E-state index in [0.29, 0.717) is 0 Å². The first kappa shape index (κ1) is 14.3. The van der Waals surface area contributed by atoms with Crippen LogP contribution in [-0.4, -0.2) is 25.7 Å². The van der Waals surface area contributed by atoms with Crippen molar-refractivity contribution in [3.8, 4) is 5.75 Å². The highest BCUT2D eigenvalue weighted by molar-refractivity contribution is 9.10. The van der Waals surface area contributed by atoms with Crippen molar-refractivity contribution < 1.29 is 4.74 Å². The molecule has 17 heavy (non-hydrogen) atoms. The highest BCUT2D eigenvalue weighted by Crippen LogP contribution is 2.27. The van der Waals surface area contributed by atoms with Crippen LogP contribution >= 0.6 is 15.9 Å². The number of hydrogen-bond acceptors (Lipinski definition) is 3. The SMILES string of the molecule is COc1ccc(Br)cc1NCCNC(C)(C)C. The maximum absolute atomic E-state index is 5.29. The van der Waals surface area contributed by atoms with Crippen LogP contribution in [0.4, 0.5) is 5.69 Å². The molecule has 1 aromatic carbocycles. The molecule has 0 heterocycles. The van der Waals surface area contributed by atoms with E-state index in [4.69, 9.17) is 4.74 Å². The van der Waals surface area contributed by atoms with Gasteiger partial charge in [0.1, 0.15) is 5.75 Å². The number of halogens is 1. The van der Waals surface area contributed by atoms with Gasteiger partial charge >= 0.3 is 0 Å². The molecule has 4 heteroatoms. The van der Waals surface area contributed by atoms with Crippen molar-refractivity contribution in [3.05, 3.63) is 22.7 Å². The zero-order valence-corrected chi connectivity index (χ0v) is 12.5. The van der Waals surface area contributed by atoms with Gasteiger partial charge in [0.05, 0.1) is 12.8 Å². The highest BCUT2D eigenvalue weighted by Gasteiger charge is 2.08. The molecule has 0 bridgehead atoms. The molecule has 3 nitrogen and oxygen atoms in total. The molecular weight excluding hydrogens is 280 g/mol. The zero-order chi connectivity index (χ0) is 12.9. The third-order valence-corrected chi connectivity index (χ3v) is 2.75. The Morgan fingerprint density at radius 3 is 2.53 bits per heavy atom. The average molecular weight is 301 g/mol. The molecule has 0 spiro atoms. The summed E-state index contributed by atoms with van der Waals surface area (Å²) in [6.07, 6.45) is 0. The lowest BCUT2D eigenvalue weighted by Crippen LogP contribution is -2.38. The van der Waals surface area contributed by atoms with Crippen LogP contribution in [-0.2, 0) is 0 Å². The lowest BCUT2D eigenvalue weighted by molar-refractivity contribution is 0.415. The van der Waals surface area contributed by atoms with Crippen molar-refractivity contribution >= 4 is 21.6 Å². The standard InChI is InChI=1S/C13H21BrN2O/c1-13(2,3)16-8-7-15-11-9-10(14)5-6-12(11)17-4/h5-6,9,15-16H,7-8H2,1-4H3. The smallest absolute Gasteiger partial charge is 0.142 e. The molecule has 0 aromatic heterocycles. The Hall–Kier alpha value is -0.740.